The Morgan fingerprint density at radius 1 is 1.50 bits per heavy atom. The highest BCUT2D eigenvalue weighted by molar-refractivity contribution is 5.42. The van der Waals surface area contributed by atoms with Gasteiger partial charge in [0, 0.05) is 20.2 Å². The van der Waals surface area contributed by atoms with Crippen LogP contribution in [-0.4, -0.2) is 48.5 Å². The predicted octanol–water partition coefficient (Wildman–Crippen LogP) is 1.81. The second-order valence-corrected chi connectivity index (χ2v) is 5.65. The van der Waals surface area contributed by atoms with Crippen LogP contribution in [0.1, 0.15) is 26.5 Å². The fourth-order valence-corrected chi connectivity index (χ4v) is 2.59. The van der Waals surface area contributed by atoms with Crippen molar-refractivity contribution in [3.8, 4) is 0 Å². The zero-order chi connectivity index (χ0) is 14.8. The van der Waals surface area contributed by atoms with Crippen LogP contribution in [0.25, 0.3) is 0 Å². The number of halogens is 1. The molecule has 0 N–H and O–H groups in total. The lowest BCUT2D eigenvalue weighted by molar-refractivity contribution is -0.106. The molecule has 2 rings (SSSR count). The molecule has 1 aromatic rings. The van der Waals surface area contributed by atoms with Crippen LogP contribution >= 0.6 is 0 Å². The van der Waals surface area contributed by atoms with Gasteiger partial charge >= 0.3 is 0 Å². The highest BCUT2D eigenvalue weighted by Crippen LogP contribution is 2.27. The van der Waals surface area contributed by atoms with E-state index in [0.717, 1.165) is 0 Å². The molecular formula is C14H22FN3O2. The van der Waals surface area contributed by atoms with Crippen LogP contribution in [0.2, 0.25) is 0 Å². The number of ether oxygens (including phenoxy) is 2. The van der Waals surface area contributed by atoms with Crippen LogP contribution in [0.15, 0.2) is 6.33 Å². The van der Waals surface area contributed by atoms with Gasteiger partial charge in [0.05, 0.1) is 24.0 Å². The van der Waals surface area contributed by atoms with E-state index >= 15 is 0 Å². The summed E-state index contributed by atoms with van der Waals surface area (Å²) in [6.07, 6.45) is 1.88. The minimum Gasteiger partial charge on any atom is -0.382 e. The van der Waals surface area contributed by atoms with Crippen LogP contribution in [0.5, 0.6) is 0 Å². The number of hydrogen-bond donors (Lipinski definition) is 0. The maximum atomic E-state index is 14.4. The van der Waals surface area contributed by atoms with Crippen molar-refractivity contribution in [1.82, 2.24) is 9.97 Å². The topological polar surface area (TPSA) is 47.5 Å². The molecule has 0 unspecified atom stereocenters. The van der Waals surface area contributed by atoms with Gasteiger partial charge in [-0.15, -0.1) is 0 Å². The maximum Gasteiger partial charge on any atom is 0.187 e. The van der Waals surface area contributed by atoms with Crippen molar-refractivity contribution in [1.29, 1.82) is 0 Å². The fourth-order valence-electron chi connectivity index (χ4n) is 2.59. The van der Waals surface area contributed by atoms with Crippen molar-refractivity contribution in [2.45, 2.75) is 38.9 Å². The summed E-state index contributed by atoms with van der Waals surface area (Å²) in [7, 11) is 1.63. The minimum atomic E-state index is -0.370. The zero-order valence-electron chi connectivity index (χ0n) is 12.5. The minimum absolute atomic E-state index is 0.0943. The van der Waals surface area contributed by atoms with Gasteiger partial charge in [0.15, 0.2) is 11.6 Å². The molecular weight excluding hydrogens is 261 g/mol. The monoisotopic (exact) mass is 283 g/mol. The average molecular weight is 283 g/mol. The van der Waals surface area contributed by atoms with E-state index in [1.54, 1.807) is 7.11 Å². The molecule has 20 heavy (non-hydrogen) atoms. The fraction of sp³-hybridized carbons (Fsp3) is 0.714. The second kappa shape index (κ2) is 6.01. The Labute approximate surface area is 119 Å². The molecule has 0 aromatic carbocycles. The van der Waals surface area contributed by atoms with Crippen LogP contribution in [0.4, 0.5) is 10.2 Å². The Balaban J connectivity index is 2.27. The van der Waals surface area contributed by atoms with Crippen molar-refractivity contribution in [2.75, 3.05) is 31.7 Å². The maximum absolute atomic E-state index is 14.4. The van der Waals surface area contributed by atoms with E-state index in [9.17, 15) is 4.39 Å². The largest absolute Gasteiger partial charge is 0.382 e. The molecule has 0 spiro atoms. The third-order valence-corrected chi connectivity index (χ3v) is 3.31. The van der Waals surface area contributed by atoms with Crippen molar-refractivity contribution in [3.05, 3.63) is 17.8 Å². The number of anilines is 1. The van der Waals surface area contributed by atoms with E-state index in [-0.39, 0.29) is 17.5 Å². The molecule has 6 heteroatoms. The number of nitrogens with zero attached hydrogens (tertiary/aromatic N) is 3. The van der Waals surface area contributed by atoms with Gasteiger partial charge in [-0.3, -0.25) is 0 Å². The summed E-state index contributed by atoms with van der Waals surface area (Å²) in [5, 5.41) is 0. The molecule has 0 saturated carbocycles. The van der Waals surface area contributed by atoms with Crippen LogP contribution in [0, 0.1) is 5.82 Å². The van der Waals surface area contributed by atoms with E-state index in [0.29, 0.717) is 37.6 Å². The molecule has 5 nitrogen and oxygen atoms in total. The number of rotatable bonds is 4. The van der Waals surface area contributed by atoms with E-state index in [4.69, 9.17) is 9.47 Å². The van der Waals surface area contributed by atoms with Gasteiger partial charge in [-0.2, -0.15) is 0 Å². The molecule has 2 heterocycles. The summed E-state index contributed by atoms with van der Waals surface area (Å²) in [5.74, 6) is 0.0261. The SMILES string of the molecule is CCc1ncnc(N2C[C@@H](COC)OC(C)(C)C2)c1F. The summed E-state index contributed by atoms with van der Waals surface area (Å²) in [6, 6.07) is 0. The highest BCUT2D eigenvalue weighted by Gasteiger charge is 2.35. The van der Waals surface area contributed by atoms with Gasteiger partial charge in [0.25, 0.3) is 0 Å². The first-order chi connectivity index (χ1) is 9.46. The average Bonchev–Trinajstić information content (AvgIpc) is 2.37. The Hall–Kier alpha value is -1.27. The molecule has 1 fully saturated rings. The van der Waals surface area contributed by atoms with Crippen molar-refractivity contribution < 1.29 is 13.9 Å². The van der Waals surface area contributed by atoms with Crippen LogP contribution in [-0.2, 0) is 15.9 Å². The summed E-state index contributed by atoms with van der Waals surface area (Å²) >= 11 is 0. The number of aryl methyl sites for hydroxylation is 1. The Bertz CT molecular complexity index is 468. The molecule has 0 bridgehead atoms. The second-order valence-electron chi connectivity index (χ2n) is 5.65. The van der Waals surface area contributed by atoms with E-state index in [1.165, 1.54) is 6.33 Å². The zero-order valence-corrected chi connectivity index (χ0v) is 12.5. The van der Waals surface area contributed by atoms with Gasteiger partial charge < -0.3 is 14.4 Å². The number of aromatic nitrogens is 2. The van der Waals surface area contributed by atoms with Gasteiger partial charge in [0.1, 0.15) is 6.33 Å². The summed E-state index contributed by atoms with van der Waals surface area (Å²) < 4.78 is 25.5. The van der Waals surface area contributed by atoms with Crippen molar-refractivity contribution in [2.24, 2.45) is 0 Å². The summed E-state index contributed by atoms with van der Waals surface area (Å²) in [6.45, 7) is 7.49. The van der Waals surface area contributed by atoms with Crippen molar-refractivity contribution in [3.63, 3.8) is 0 Å². The third kappa shape index (κ3) is 3.24. The molecule has 0 aliphatic carbocycles. The van der Waals surface area contributed by atoms with Crippen molar-refractivity contribution >= 4 is 5.82 Å². The number of methoxy groups -OCH3 is 1. The molecule has 1 aromatic heterocycles. The Morgan fingerprint density at radius 3 is 2.90 bits per heavy atom. The quantitative estimate of drug-likeness (QED) is 0.843. The standard InChI is InChI=1S/C14H22FN3O2/c1-5-11-12(15)13(17-9-16-11)18-6-10(7-19-4)20-14(2,3)8-18/h9-10H,5-8H2,1-4H3/t10-/m0/s1. The highest BCUT2D eigenvalue weighted by atomic mass is 19.1. The Morgan fingerprint density at radius 2 is 2.25 bits per heavy atom. The summed E-state index contributed by atoms with van der Waals surface area (Å²) in [4.78, 5) is 10.0. The van der Waals surface area contributed by atoms with Gasteiger partial charge in [0.2, 0.25) is 0 Å². The summed E-state index contributed by atoms with van der Waals surface area (Å²) in [5.41, 5.74) is 0.0770. The smallest absolute Gasteiger partial charge is 0.187 e. The van der Waals surface area contributed by atoms with Crippen LogP contribution < -0.4 is 4.90 Å². The lowest BCUT2D eigenvalue weighted by Gasteiger charge is -2.43. The first kappa shape index (κ1) is 15.1. The van der Waals surface area contributed by atoms with Gasteiger partial charge in [-0.1, -0.05) is 6.92 Å². The number of morpholine rings is 1. The molecule has 1 aliphatic heterocycles. The lowest BCUT2D eigenvalue weighted by atomic mass is 10.1. The first-order valence-corrected chi connectivity index (χ1v) is 6.88. The van der Waals surface area contributed by atoms with E-state index in [1.807, 2.05) is 25.7 Å². The third-order valence-electron chi connectivity index (χ3n) is 3.31. The molecule has 1 atom stereocenters. The first-order valence-electron chi connectivity index (χ1n) is 6.88. The lowest BCUT2D eigenvalue weighted by Crippen LogP contribution is -2.54. The normalized spacial score (nSPS) is 22.1. The predicted molar refractivity (Wildman–Crippen MR) is 74.4 cm³/mol. The molecule has 1 saturated heterocycles. The van der Waals surface area contributed by atoms with E-state index in [2.05, 4.69) is 9.97 Å². The molecule has 0 amide bonds. The van der Waals surface area contributed by atoms with E-state index < -0.39 is 0 Å². The molecule has 0 radical (unpaired) electrons. The molecule has 112 valence electrons. The van der Waals surface area contributed by atoms with Crippen LogP contribution in [0.3, 0.4) is 0 Å². The Kier molecular flexibility index (Phi) is 4.55. The van der Waals surface area contributed by atoms with Gasteiger partial charge in [-0.05, 0) is 20.3 Å². The molecule has 1 aliphatic rings. The van der Waals surface area contributed by atoms with Gasteiger partial charge in [-0.25, -0.2) is 14.4 Å². The number of hydrogen-bond acceptors (Lipinski definition) is 5.